The Morgan fingerprint density at radius 3 is 2.71 bits per heavy atom. The van der Waals surface area contributed by atoms with Crippen LogP contribution in [0.2, 0.25) is 0 Å². The topological polar surface area (TPSA) is 73.5 Å². The van der Waals surface area contributed by atoms with Gasteiger partial charge in [-0.05, 0) is 51.9 Å². The van der Waals surface area contributed by atoms with Gasteiger partial charge in [0, 0.05) is 18.3 Å². The van der Waals surface area contributed by atoms with Crippen LogP contribution in [-0.2, 0) is 4.79 Å². The first-order valence-electron chi connectivity index (χ1n) is 8.05. The van der Waals surface area contributed by atoms with E-state index in [-0.39, 0.29) is 24.9 Å². The van der Waals surface area contributed by atoms with E-state index in [9.17, 15) is 9.59 Å². The Balaban J connectivity index is 0.00000288. The molecule has 1 aromatic rings. The minimum atomic E-state index is -0.482. The number of rotatable bonds is 4. The quantitative estimate of drug-likeness (QED) is 0.773. The standard InChI is InChI=1S/C17H26N4O2.ClH/c1-12-6-7-15(13(2)9-12)19-17(23)20-16(22)11-21-8-4-5-14(10-21)18-3;/h6-7,9,14,18H,4-5,8,10-11H2,1-3H3,(H2,19,20,22,23);1H. The number of likely N-dealkylation sites (tertiary alicyclic amines) is 1. The molecule has 6 nitrogen and oxygen atoms in total. The summed E-state index contributed by atoms with van der Waals surface area (Å²) in [5, 5.41) is 8.36. The van der Waals surface area contributed by atoms with Crippen molar-refractivity contribution in [2.24, 2.45) is 0 Å². The molecule has 3 amide bonds. The fourth-order valence-corrected chi connectivity index (χ4v) is 2.91. The van der Waals surface area contributed by atoms with Crippen LogP contribution in [0.3, 0.4) is 0 Å². The third-order valence-electron chi connectivity index (χ3n) is 4.16. The number of likely N-dealkylation sites (N-methyl/N-ethyl adjacent to an activating group) is 1. The molecule has 1 unspecified atom stereocenters. The zero-order valence-electron chi connectivity index (χ0n) is 14.5. The second-order valence-corrected chi connectivity index (χ2v) is 6.18. The number of hydrogen-bond donors (Lipinski definition) is 3. The van der Waals surface area contributed by atoms with Crippen molar-refractivity contribution in [3.05, 3.63) is 29.3 Å². The zero-order chi connectivity index (χ0) is 16.8. The largest absolute Gasteiger partial charge is 0.325 e. The highest BCUT2D eigenvalue weighted by atomic mass is 35.5. The van der Waals surface area contributed by atoms with E-state index in [1.165, 1.54) is 0 Å². The molecule has 0 aliphatic carbocycles. The van der Waals surface area contributed by atoms with Crippen LogP contribution in [0, 0.1) is 13.8 Å². The lowest BCUT2D eigenvalue weighted by atomic mass is 10.1. The first-order valence-corrected chi connectivity index (χ1v) is 8.05. The van der Waals surface area contributed by atoms with Crippen molar-refractivity contribution in [2.75, 3.05) is 32.0 Å². The van der Waals surface area contributed by atoms with Gasteiger partial charge >= 0.3 is 6.03 Å². The molecule has 7 heteroatoms. The number of piperidine rings is 1. The monoisotopic (exact) mass is 354 g/mol. The maximum atomic E-state index is 12.0. The Morgan fingerprint density at radius 1 is 1.29 bits per heavy atom. The van der Waals surface area contributed by atoms with E-state index in [0.717, 1.165) is 37.1 Å². The number of anilines is 1. The Hall–Kier alpha value is -1.63. The normalized spacial score (nSPS) is 17.7. The fraction of sp³-hybridized carbons (Fsp3) is 0.529. The summed E-state index contributed by atoms with van der Waals surface area (Å²) in [6.07, 6.45) is 2.19. The summed E-state index contributed by atoms with van der Waals surface area (Å²) in [7, 11) is 1.94. The average Bonchev–Trinajstić information content (AvgIpc) is 2.50. The number of carbonyl (C=O) groups excluding carboxylic acids is 2. The minimum absolute atomic E-state index is 0. The molecule has 3 N–H and O–H groups in total. The zero-order valence-corrected chi connectivity index (χ0v) is 15.3. The van der Waals surface area contributed by atoms with Crippen LogP contribution in [0.1, 0.15) is 24.0 Å². The summed E-state index contributed by atoms with van der Waals surface area (Å²) in [6, 6.07) is 5.69. The smallest absolute Gasteiger partial charge is 0.316 e. The Morgan fingerprint density at radius 2 is 2.04 bits per heavy atom. The van der Waals surface area contributed by atoms with Gasteiger partial charge in [0.25, 0.3) is 0 Å². The number of carbonyl (C=O) groups is 2. The molecule has 0 radical (unpaired) electrons. The Labute approximate surface area is 149 Å². The fourth-order valence-electron chi connectivity index (χ4n) is 2.91. The van der Waals surface area contributed by atoms with Crippen LogP contribution in [0.15, 0.2) is 18.2 Å². The summed E-state index contributed by atoms with van der Waals surface area (Å²) < 4.78 is 0. The van der Waals surface area contributed by atoms with Gasteiger partial charge in [-0.3, -0.25) is 15.0 Å². The summed E-state index contributed by atoms with van der Waals surface area (Å²) in [6.45, 7) is 5.90. The maximum Gasteiger partial charge on any atom is 0.325 e. The molecule has 1 heterocycles. The van der Waals surface area contributed by atoms with Crippen LogP contribution in [0.4, 0.5) is 10.5 Å². The van der Waals surface area contributed by atoms with Crippen LogP contribution in [0.25, 0.3) is 0 Å². The molecule has 1 aliphatic rings. The van der Waals surface area contributed by atoms with Crippen molar-refractivity contribution >= 4 is 30.0 Å². The molecule has 1 aliphatic heterocycles. The van der Waals surface area contributed by atoms with Gasteiger partial charge in [-0.15, -0.1) is 12.4 Å². The summed E-state index contributed by atoms with van der Waals surface area (Å²) in [5.74, 6) is -0.274. The van der Waals surface area contributed by atoms with Gasteiger partial charge in [0.15, 0.2) is 0 Å². The molecule has 24 heavy (non-hydrogen) atoms. The molecule has 0 spiro atoms. The second kappa shape index (κ2) is 9.61. The number of nitrogens with one attached hydrogen (secondary N) is 3. The highest BCUT2D eigenvalue weighted by molar-refractivity contribution is 6.02. The highest BCUT2D eigenvalue weighted by Crippen LogP contribution is 2.15. The molecule has 1 aromatic carbocycles. The first-order chi connectivity index (χ1) is 11.0. The number of nitrogens with zero attached hydrogens (tertiary/aromatic N) is 1. The van der Waals surface area contributed by atoms with Gasteiger partial charge in [-0.1, -0.05) is 17.7 Å². The van der Waals surface area contributed by atoms with Crippen molar-refractivity contribution in [1.29, 1.82) is 0 Å². The minimum Gasteiger partial charge on any atom is -0.316 e. The summed E-state index contributed by atoms with van der Waals surface area (Å²) in [4.78, 5) is 26.0. The molecule has 0 saturated carbocycles. The molecule has 2 rings (SSSR count). The molecular formula is C17H27ClN4O2. The van der Waals surface area contributed by atoms with E-state index in [4.69, 9.17) is 0 Å². The number of urea groups is 1. The number of benzene rings is 1. The molecule has 1 saturated heterocycles. The Kier molecular flexibility index (Phi) is 8.18. The van der Waals surface area contributed by atoms with Gasteiger partial charge in [0.2, 0.25) is 5.91 Å². The van der Waals surface area contributed by atoms with Crippen molar-refractivity contribution in [2.45, 2.75) is 32.7 Å². The van der Waals surface area contributed by atoms with Gasteiger partial charge < -0.3 is 10.6 Å². The maximum absolute atomic E-state index is 12.0. The van der Waals surface area contributed by atoms with Gasteiger partial charge in [0.05, 0.1) is 6.54 Å². The van der Waals surface area contributed by atoms with Crippen molar-refractivity contribution in [3.8, 4) is 0 Å². The SMILES string of the molecule is CNC1CCCN(CC(=O)NC(=O)Nc2ccc(C)cc2C)C1.Cl. The van der Waals surface area contributed by atoms with E-state index in [2.05, 4.69) is 20.9 Å². The van der Waals surface area contributed by atoms with E-state index in [0.29, 0.717) is 11.7 Å². The van der Waals surface area contributed by atoms with Crippen LogP contribution < -0.4 is 16.0 Å². The van der Waals surface area contributed by atoms with Crippen molar-refractivity contribution in [3.63, 3.8) is 0 Å². The number of halogens is 1. The van der Waals surface area contributed by atoms with Crippen LogP contribution in [-0.4, -0.2) is 49.6 Å². The van der Waals surface area contributed by atoms with Gasteiger partial charge in [0.1, 0.15) is 0 Å². The number of aryl methyl sites for hydroxylation is 2. The Bertz CT molecular complexity index is 580. The van der Waals surface area contributed by atoms with E-state index in [1.54, 1.807) is 0 Å². The second-order valence-electron chi connectivity index (χ2n) is 6.18. The molecule has 134 valence electrons. The van der Waals surface area contributed by atoms with E-state index >= 15 is 0 Å². The molecular weight excluding hydrogens is 328 g/mol. The van der Waals surface area contributed by atoms with Gasteiger partial charge in [-0.2, -0.15) is 0 Å². The average molecular weight is 355 g/mol. The summed E-state index contributed by atoms with van der Waals surface area (Å²) >= 11 is 0. The predicted molar refractivity (Wildman–Crippen MR) is 98.8 cm³/mol. The molecule has 0 bridgehead atoms. The number of hydrogen-bond acceptors (Lipinski definition) is 4. The van der Waals surface area contributed by atoms with Gasteiger partial charge in [-0.25, -0.2) is 4.79 Å². The predicted octanol–water partition coefficient (Wildman–Crippen LogP) is 2.06. The van der Waals surface area contributed by atoms with Crippen LogP contribution >= 0.6 is 12.4 Å². The number of amides is 3. The van der Waals surface area contributed by atoms with E-state index in [1.807, 2.05) is 39.1 Å². The third-order valence-corrected chi connectivity index (χ3v) is 4.16. The highest BCUT2D eigenvalue weighted by Gasteiger charge is 2.21. The lowest BCUT2D eigenvalue weighted by Crippen LogP contribution is -2.49. The molecule has 1 fully saturated rings. The third kappa shape index (κ3) is 6.11. The van der Waals surface area contributed by atoms with Crippen molar-refractivity contribution < 1.29 is 9.59 Å². The molecule has 1 atom stereocenters. The lowest BCUT2D eigenvalue weighted by Gasteiger charge is -2.31. The molecule has 0 aromatic heterocycles. The number of imide groups is 1. The van der Waals surface area contributed by atoms with E-state index < -0.39 is 6.03 Å². The summed E-state index contributed by atoms with van der Waals surface area (Å²) in [5.41, 5.74) is 2.82. The van der Waals surface area contributed by atoms with Crippen LogP contribution in [0.5, 0.6) is 0 Å². The lowest BCUT2D eigenvalue weighted by molar-refractivity contribution is -0.121. The van der Waals surface area contributed by atoms with Crippen molar-refractivity contribution in [1.82, 2.24) is 15.5 Å². The first kappa shape index (κ1) is 20.4.